The van der Waals surface area contributed by atoms with E-state index in [4.69, 9.17) is 34.8 Å². The number of amides is 2. The van der Waals surface area contributed by atoms with Crippen LogP contribution in [0.25, 0.3) is 0 Å². The largest absolute Gasteiger partial charge is 0.493 e. The summed E-state index contributed by atoms with van der Waals surface area (Å²) < 4.78 is 29.7. The van der Waals surface area contributed by atoms with Crippen molar-refractivity contribution in [1.82, 2.24) is 9.80 Å². The molecule has 16 heteroatoms. The summed E-state index contributed by atoms with van der Waals surface area (Å²) in [4.78, 5) is 41.7. The Hall–Kier alpha value is -3.55. The molecule has 0 saturated carbocycles. The third-order valence-electron chi connectivity index (χ3n) is 12.9. The van der Waals surface area contributed by atoms with Gasteiger partial charge in [-0.1, -0.05) is 34.6 Å². The van der Waals surface area contributed by atoms with Crippen LogP contribution in [0.3, 0.4) is 0 Å². The van der Waals surface area contributed by atoms with Crippen LogP contribution in [0.15, 0.2) is 24.3 Å². The highest BCUT2D eigenvalue weighted by molar-refractivity contribution is 6.74. The summed E-state index contributed by atoms with van der Waals surface area (Å²) >= 11 is 0. The third kappa shape index (κ3) is 11.8. The SMILES string of the molecule is COc1cc(C(=O)N2C[C@H](O)C[C@H]2CCC(C)(C)[Si](C)(C)O)c(N)cc1OCCCCCOc1cc(N)c(C(=O)N2C[C@H](O)C[C@H]2CO[Si](C)(C)C(C)(C)C)cc1OC. The van der Waals surface area contributed by atoms with E-state index in [0.29, 0.717) is 80.5 Å². The Balaban J connectivity index is 1.29. The number of benzene rings is 2. The van der Waals surface area contributed by atoms with Crippen LogP contribution in [-0.4, -0.2) is 125 Å². The summed E-state index contributed by atoms with van der Waals surface area (Å²) in [5, 5.41) is 20.8. The molecule has 0 unspecified atom stereocenters. The molecule has 7 N–H and O–H groups in total. The number of rotatable bonds is 19. The van der Waals surface area contributed by atoms with Gasteiger partial charge in [0.15, 0.2) is 39.6 Å². The maximum Gasteiger partial charge on any atom is 0.256 e. The Morgan fingerprint density at radius 3 is 1.59 bits per heavy atom. The number of methoxy groups -OCH3 is 2. The highest BCUT2D eigenvalue weighted by Gasteiger charge is 2.43. The van der Waals surface area contributed by atoms with Gasteiger partial charge in [0.05, 0.1) is 63.4 Å². The van der Waals surface area contributed by atoms with Crippen LogP contribution in [0.2, 0.25) is 36.3 Å². The molecular formula is C43H72N4O10Si2. The molecule has 332 valence electrons. The molecule has 4 atom stereocenters. The van der Waals surface area contributed by atoms with E-state index in [1.165, 1.54) is 14.2 Å². The number of carbonyl (C=O) groups excluding carboxylic acids is 2. The minimum Gasteiger partial charge on any atom is -0.493 e. The van der Waals surface area contributed by atoms with Crippen molar-refractivity contribution in [1.29, 1.82) is 0 Å². The number of unbranched alkanes of at least 4 members (excludes halogenated alkanes) is 2. The zero-order valence-electron chi connectivity index (χ0n) is 37.4. The minimum absolute atomic E-state index is 0.0197. The number of β-amino-alcohol motifs (C(OH)–C–C–N with tert-alkyl or cyclic N) is 2. The summed E-state index contributed by atoms with van der Waals surface area (Å²) in [6.07, 6.45) is 3.27. The van der Waals surface area contributed by atoms with Crippen LogP contribution in [0.5, 0.6) is 23.0 Å². The van der Waals surface area contributed by atoms with E-state index in [1.54, 1.807) is 34.1 Å². The van der Waals surface area contributed by atoms with Crippen LogP contribution >= 0.6 is 0 Å². The number of hydrogen-bond acceptors (Lipinski definition) is 12. The van der Waals surface area contributed by atoms with Gasteiger partial charge in [0.1, 0.15) is 0 Å². The van der Waals surface area contributed by atoms with Crippen LogP contribution in [0, 0.1) is 0 Å². The van der Waals surface area contributed by atoms with Crippen LogP contribution in [0.1, 0.15) is 100 Å². The molecule has 4 rings (SSSR count). The van der Waals surface area contributed by atoms with Crippen molar-refractivity contribution in [2.75, 3.05) is 58.6 Å². The Kier molecular flexibility index (Phi) is 15.9. The molecule has 2 saturated heterocycles. The third-order valence-corrected chi connectivity index (χ3v) is 21.0. The quantitative estimate of drug-likeness (QED) is 0.0591. The molecule has 2 heterocycles. The number of likely N-dealkylation sites (tertiary alicyclic amines) is 2. The second kappa shape index (κ2) is 19.4. The molecule has 59 heavy (non-hydrogen) atoms. The molecule has 2 amide bonds. The van der Waals surface area contributed by atoms with Gasteiger partial charge in [-0.3, -0.25) is 9.59 Å². The number of ether oxygens (including phenoxy) is 4. The number of nitrogen functional groups attached to an aromatic ring is 2. The second-order valence-electron chi connectivity index (χ2n) is 19.0. The molecule has 0 radical (unpaired) electrons. The normalized spacial score (nSPS) is 20.2. The van der Waals surface area contributed by atoms with Gasteiger partial charge in [0.25, 0.3) is 11.8 Å². The Labute approximate surface area is 353 Å². The monoisotopic (exact) mass is 860 g/mol. The van der Waals surface area contributed by atoms with E-state index < -0.39 is 28.8 Å². The number of anilines is 2. The maximum absolute atomic E-state index is 13.8. The van der Waals surface area contributed by atoms with Gasteiger partial charge in [-0.25, -0.2) is 0 Å². The van der Waals surface area contributed by atoms with Gasteiger partial charge < -0.3 is 59.6 Å². The smallest absolute Gasteiger partial charge is 0.256 e. The molecular weight excluding hydrogens is 789 g/mol. The van der Waals surface area contributed by atoms with Crippen LogP contribution in [-0.2, 0) is 4.43 Å². The molecule has 14 nitrogen and oxygen atoms in total. The fourth-order valence-electron chi connectivity index (χ4n) is 7.19. The first-order valence-corrected chi connectivity index (χ1v) is 26.8. The van der Waals surface area contributed by atoms with Gasteiger partial charge in [-0.15, -0.1) is 0 Å². The van der Waals surface area contributed by atoms with E-state index in [9.17, 15) is 24.6 Å². The van der Waals surface area contributed by atoms with Gasteiger partial charge >= 0.3 is 0 Å². The van der Waals surface area contributed by atoms with Gasteiger partial charge in [0.2, 0.25) is 0 Å². The number of nitrogens with two attached hydrogens (primary N) is 2. The molecule has 2 aliphatic rings. The van der Waals surface area contributed by atoms with Crippen molar-refractivity contribution in [3.05, 3.63) is 35.4 Å². The van der Waals surface area contributed by atoms with Crippen LogP contribution < -0.4 is 30.4 Å². The van der Waals surface area contributed by atoms with E-state index in [-0.39, 0.29) is 64.0 Å². The first-order valence-electron chi connectivity index (χ1n) is 21.0. The predicted octanol–water partition coefficient (Wildman–Crippen LogP) is 6.43. The molecule has 0 bridgehead atoms. The fraction of sp³-hybridized carbons (Fsp3) is 0.674. The number of aliphatic hydroxyl groups is 2. The number of hydrogen-bond donors (Lipinski definition) is 5. The molecule has 2 aromatic carbocycles. The van der Waals surface area contributed by atoms with Crippen molar-refractivity contribution in [3.63, 3.8) is 0 Å². The topological polar surface area (TPSA) is 199 Å². The average Bonchev–Trinajstić information content (AvgIpc) is 3.72. The fourth-order valence-corrected chi connectivity index (χ4v) is 8.99. The van der Waals surface area contributed by atoms with Crippen molar-refractivity contribution < 1.29 is 48.0 Å². The van der Waals surface area contributed by atoms with Gasteiger partial charge in [-0.05, 0) is 93.3 Å². The standard InChI is InChI=1S/C43H72N4O10Si2/c1-42(2,3)59(10,11)57-27-29-20-31(49)26-47(29)41(51)33-22-37(54-7)39(24-35(33)45)56-18-14-12-13-17-55-38-23-34(44)32(21-36(38)53-6)40(50)46-25-30(48)19-28(46)15-16-43(4,5)58(8,9)52/h21-24,28-31,48-49,52H,12-20,25-27,44-45H2,1-11H3/t28-,29+,30-,31-/m1/s1. The number of aliphatic hydroxyl groups excluding tert-OH is 2. The highest BCUT2D eigenvalue weighted by Crippen LogP contribution is 2.43. The van der Waals surface area contributed by atoms with Crippen molar-refractivity contribution in [2.45, 2.75) is 140 Å². The summed E-state index contributed by atoms with van der Waals surface area (Å²) in [6, 6.07) is 6.00. The van der Waals surface area contributed by atoms with Gasteiger partial charge in [-0.2, -0.15) is 0 Å². The number of carbonyl (C=O) groups is 2. The predicted molar refractivity (Wildman–Crippen MR) is 237 cm³/mol. The summed E-state index contributed by atoms with van der Waals surface area (Å²) in [5.74, 6) is 1.08. The zero-order chi connectivity index (χ0) is 44.1. The average molecular weight is 861 g/mol. The number of nitrogens with zero attached hydrogens (tertiary/aromatic N) is 2. The minimum atomic E-state index is -2.43. The summed E-state index contributed by atoms with van der Waals surface area (Å²) in [6.45, 7) is 20.4. The Bertz CT molecular complexity index is 1640. The second-order valence-corrected chi connectivity index (χ2v) is 28.3. The summed E-state index contributed by atoms with van der Waals surface area (Å²) in [5.41, 5.74) is 13.9. The van der Waals surface area contributed by atoms with E-state index in [2.05, 4.69) is 47.7 Å². The van der Waals surface area contributed by atoms with Crippen molar-refractivity contribution >= 4 is 39.8 Å². The van der Waals surface area contributed by atoms with E-state index in [0.717, 1.165) is 12.8 Å². The highest BCUT2D eigenvalue weighted by atomic mass is 28.4. The van der Waals surface area contributed by atoms with E-state index >= 15 is 0 Å². The first kappa shape index (κ1) is 48.1. The van der Waals surface area contributed by atoms with E-state index in [1.807, 2.05) is 13.1 Å². The van der Waals surface area contributed by atoms with Gasteiger partial charge in [0, 0.05) is 42.6 Å². The lowest BCUT2D eigenvalue weighted by Gasteiger charge is -2.38. The lowest BCUT2D eigenvalue weighted by Crippen LogP contribution is -2.46. The lowest BCUT2D eigenvalue weighted by atomic mass is 10.00. The first-order chi connectivity index (χ1) is 27.4. The van der Waals surface area contributed by atoms with Crippen molar-refractivity contribution in [2.24, 2.45) is 0 Å². The summed E-state index contributed by atoms with van der Waals surface area (Å²) in [7, 11) is -1.46. The Morgan fingerprint density at radius 1 is 0.729 bits per heavy atom. The molecule has 2 aliphatic heterocycles. The Morgan fingerprint density at radius 2 is 1.17 bits per heavy atom. The molecule has 0 aliphatic carbocycles. The maximum atomic E-state index is 13.8. The lowest BCUT2D eigenvalue weighted by molar-refractivity contribution is 0.0670. The molecule has 0 aromatic heterocycles. The molecule has 0 spiro atoms. The van der Waals surface area contributed by atoms with Crippen LogP contribution in [0.4, 0.5) is 11.4 Å². The molecule has 2 fully saturated rings. The molecule has 2 aromatic rings. The van der Waals surface area contributed by atoms with Crippen molar-refractivity contribution in [3.8, 4) is 23.0 Å². The zero-order valence-corrected chi connectivity index (χ0v) is 39.4.